The average molecular weight is 799 g/mol. The molecule has 0 radical (unpaired) electrons. The van der Waals surface area contributed by atoms with Gasteiger partial charge in [-0.2, -0.15) is 0 Å². The van der Waals surface area contributed by atoms with Gasteiger partial charge in [0.15, 0.2) is 0 Å². The summed E-state index contributed by atoms with van der Waals surface area (Å²) in [5, 5.41) is 0. The molecule has 0 aliphatic heterocycles. The quantitative estimate of drug-likeness (QED) is 0.0787. The lowest BCUT2D eigenvalue weighted by Gasteiger charge is -2.41. The van der Waals surface area contributed by atoms with Crippen LogP contribution < -0.4 is 0 Å². The van der Waals surface area contributed by atoms with Crippen LogP contribution in [0.1, 0.15) is 278 Å². The summed E-state index contributed by atoms with van der Waals surface area (Å²) in [5.74, 6) is -0.442. The van der Waals surface area contributed by atoms with Gasteiger partial charge >= 0.3 is 11.9 Å². The number of rotatable bonds is 18. The van der Waals surface area contributed by atoms with E-state index in [-0.39, 0.29) is 23.3 Å². The third-order valence-electron chi connectivity index (χ3n) is 13.2. The second kappa shape index (κ2) is 38.6. The third kappa shape index (κ3) is 31.0. The molecule has 2 unspecified atom stereocenters. The summed E-state index contributed by atoms with van der Waals surface area (Å²) >= 11 is 0. The molecular weight excluding hydrogens is 701 g/mol. The van der Waals surface area contributed by atoms with Crippen LogP contribution in [0.4, 0.5) is 0 Å². The molecule has 57 heavy (non-hydrogen) atoms. The van der Waals surface area contributed by atoms with E-state index in [4.69, 9.17) is 9.47 Å². The summed E-state index contributed by atoms with van der Waals surface area (Å²) < 4.78 is 11.6. The lowest BCUT2D eigenvalue weighted by atomic mass is 9.67. The monoisotopic (exact) mass is 799 g/mol. The SMILES string of the molecule is C1CCCCCCCCC1.C1CCCCCCCCC1.C=C(C)C(=O)OCC1CCCCCCCCC1(CCCCCCCCCCCCC)COC(=O)C(=C)C. The molecule has 0 aromatic rings. The Hall–Kier alpha value is -1.58. The molecule has 0 aromatic heterocycles. The zero-order valence-corrected chi connectivity index (χ0v) is 38.8. The molecule has 334 valence electrons. The molecule has 0 saturated heterocycles. The highest BCUT2D eigenvalue weighted by Gasteiger charge is 2.40. The minimum Gasteiger partial charge on any atom is -0.462 e. The van der Waals surface area contributed by atoms with Crippen LogP contribution in [-0.4, -0.2) is 25.2 Å². The Bertz CT molecular complexity index is 884. The maximum Gasteiger partial charge on any atom is 0.333 e. The van der Waals surface area contributed by atoms with Crippen LogP contribution >= 0.6 is 0 Å². The lowest BCUT2D eigenvalue weighted by molar-refractivity contribution is -0.150. The van der Waals surface area contributed by atoms with Gasteiger partial charge in [0.1, 0.15) is 0 Å². The van der Waals surface area contributed by atoms with E-state index in [0.29, 0.717) is 24.4 Å². The number of hydrogen-bond donors (Lipinski definition) is 0. The van der Waals surface area contributed by atoms with Crippen LogP contribution in [0, 0.1) is 11.3 Å². The van der Waals surface area contributed by atoms with Crippen molar-refractivity contribution in [3.63, 3.8) is 0 Å². The zero-order chi connectivity index (χ0) is 41.5. The second-order valence-corrected chi connectivity index (χ2v) is 18.8. The van der Waals surface area contributed by atoms with E-state index in [0.717, 1.165) is 38.5 Å². The first-order valence-electron chi connectivity index (χ1n) is 25.5. The van der Waals surface area contributed by atoms with E-state index in [1.54, 1.807) is 13.8 Å². The first kappa shape index (κ1) is 53.4. The molecule has 0 bridgehead atoms. The average Bonchev–Trinajstić information content (AvgIpc) is 3.22. The van der Waals surface area contributed by atoms with Gasteiger partial charge in [0.2, 0.25) is 0 Å². The summed E-state index contributed by atoms with van der Waals surface area (Å²) in [6.07, 6.45) is 54.7. The maximum absolute atomic E-state index is 12.4. The molecule has 3 fully saturated rings. The van der Waals surface area contributed by atoms with Crippen LogP contribution in [0.5, 0.6) is 0 Å². The van der Waals surface area contributed by atoms with Crippen LogP contribution in [0.3, 0.4) is 0 Å². The molecular formula is C53H98O4. The molecule has 0 heterocycles. The molecule has 2 atom stereocenters. The van der Waals surface area contributed by atoms with Crippen molar-refractivity contribution in [2.45, 2.75) is 278 Å². The number of hydrogen-bond acceptors (Lipinski definition) is 4. The van der Waals surface area contributed by atoms with Crippen molar-refractivity contribution in [2.24, 2.45) is 11.3 Å². The van der Waals surface area contributed by atoms with Crippen molar-refractivity contribution in [1.29, 1.82) is 0 Å². The van der Waals surface area contributed by atoms with E-state index >= 15 is 0 Å². The molecule has 3 aliphatic rings. The van der Waals surface area contributed by atoms with Gasteiger partial charge in [0.05, 0.1) is 13.2 Å². The third-order valence-corrected chi connectivity index (χ3v) is 13.2. The smallest absolute Gasteiger partial charge is 0.333 e. The van der Waals surface area contributed by atoms with Crippen molar-refractivity contribution in [3.8, 4) is 0 Å². The van der Waals surface area contributed by atoms with E-state index < -0.39 is 0 Å². The Labute approximate surface area is 356 Å². The van der Waals surface area contributed by atoms with Crippen molar-refractivity contribution >= 4 is 11.9 Å². The number of carbonyl (C=O) groups is 2. The Morgan fingerprint density at radius 2 is 0.772 bits per heavy atom. The van der Waals surface area contributed by atoms with Crippen LogP contribution in [-0.2, 0) is 19.1 Å². The van der Waals surface area contributed by atoms with Gasteiger partial charge in [-0.1, -0.05) is 258 Å². The topological polar surface area (TPSA) is 52.6 Å². The number of unbranched alkanes of at least 4 members (excludes halogenated alkanes) is 10. The summed E-state index contributed by atoms with van der Waals surface area (Å²) in [6.45, 7) is 14.0. The van der Waals surface area contributed by atoms with Crippen molar-refractivity contribution in [3.05, 3.63) is 24.3 Å². The highest BCUT2D eigenvalue weighted by Crippen LogP contribution is 2.43. The predicted octanol–water partition coefficient (Wildman–Crippen LogP) is 17.5. The standard InChI is InChI=1S/C33H58O4.2C10H20/c1-6-7-8-9-10-11-12-13-15-18-21-24-33(27-37-32(35)29(4)5)25-22-19-16-14-17-20-23-30(33)26-36-31(34)28(2)3;2*1-2-4-6-8-10-9-7-5-3-1/h30H,2,4,6-27H2,1,3,5H3;2*1-10H2. The minimum absolute atomic E-state index is 0.156. The number of esters is 2. The maximum atomic E-state index is 12.4. The number of ether oxygens (including phenoxy) is 2. The predicted molar refractivity (Wildman–Crippen MR) is 248 cm³/mol. The largest absolute Gasteiger partial charge is 0.462 e. The fourth-order valence-electron chi connectivity index (χ4n) is 9.25. The van der Waals surface area contributed by atoms with Crippen LogP contribution in [0.2, 0.25) is 0 Å². The summed E-state index contributed by atoms with van der Waals surface area (Å²) in [6, 6.07) is 0. The van der Waals surface area contributed by atoms with Crippen molar-refractivity contribution < 1.29 is 19.1 Å². The first-order valence-corrected chi connectivity index (χ1v) is 25.5. The molecule has 3 saturated carbocycles. The van der Waals surface area contributed by atoms with Gasteiger partial charge in [-0.25, -0.2) is 9.59 Å². The van der Waals surface area contributed by atoms with Crippen LogP contribution in [0.15, 0.2) is 24.3 Å². The zero-order valence-electron chi connectivity index (χ0n) is 38.8. The normalized spacial score (nSPS) is 21.8. The minimum atomic E-state index is -0.320. The summed E-state index contributed by atoms with van der Waals surface area (Å²) in [5.41, 5.74) is 0.719. The lowest BCUT2D eigenvalue weighted by Crippen LogP contribution is -2.40. The number of carbonyl (C=O) groups excluding carboxylic acids is 2. The van der Waals surface area contributed by atoms with Gasteiger partial charge < -0.3 is 9.47 Å². The summed E-state index contributed by atoms with van der Waals surface area (Å²) in [7, 11) is 0. The van der Waals surface area contributed by atoms with Gasteiger partial charge in [-0.15, -0.1) is 0 Å². The van der Waals surface area contributed by atoms with Crippen molar-refractivity contribution in [2.75, 3.05) is 13.2 Å². The van der Waals surface area contributed by atoms with Gasteiger partial charge in [0, 0.05) is 22.5 Å². The molecule has 0 aromatic carbocycles. The molecule has 3 rings (SSSR count). The fraction of sp³-hybridized carbons (Fsp3) is 0.887. The first-order chi connectivity index (χ1) is 27.8. The van der Waals surface area contributed by atoms with Gasteiger partial charge in [0.25, 0.3) is 0 Å². The highest BCUT2D eigenvalue weighted by atomic mass is 16.5. The van der Waals surface area contributed by atoms with E-state index in [1.165, 1.54) is 218 Å². The molecule has 0 amide bonds. The van der Waals surface area contributed by atoms with E-state index in [2.05, 4.69) is 20.1 Å². The fourth-order valence-corrected chi connectivity index (χ4v) is 9.25. The Balaban J connectivity index is 0.000000649. The Kier molecular flexibility index (Phi) is 36.2. The van der Waals surface area contributed by atoms with E-state index in [1.807, 2.05) is 0 Å². The Morgan fingerprint density at radius 3 is 1.14 bits per heavy atom. The molecule has 3 aliphatic carbocycles. The summed E-state index contributed by atoms with van der Waals surface area (Å²) in [4.78, 5) is 24.7. The second-order valence-electron chi connectivity index (χ2n) is 18.8. The molecule has 4 heteroatoms. The Morgan fingerprint density at radius 1 is 0.456 bits per heavy atom. The highest BCUT2D eigenvalue weighted by molar-refractivity contribution is 5.87. The van der Waals surface area contributed by atoms with Gasteiger partial charge in [-0.3, -0.25) is 0 Å². The molecule has 0 spiro atoms. The van der Waals surface area contributed by atoms with Gasteiger partial charge in [-0.05, 0) is 33.1 Å². The molecule has 4 nitrogen and oxygen atoms in total. The van der Waals surface area contributed by atoms with E-state index in [9.17, 15) is 9.59 Å². The molecule has 0 N–H and O–H groups in total. The van der Waals surface area contributed by atoms with Crippen molar-refractivity contribution in [1.82, 2.24) is 0 Å². The van der Waals surface area contributed by atoms with Crippen LogP contribution in [0.25, 0.3) is 0 Å².